The summed E-state index contributed by atoms with van der Waals surface area (Å²) in [7, 11) is 3.87. The molecule has 1 aromatic heterocycles. The van der Waals surface area contributed by atoms with E-state index >= 15 is 0 Å². The lowest BCUT2D eigenvalue weighted by molar-refractivity contribution is 0.845. The molecule has 0 amide bonds. The average molecular weight is 282 g/mol. The normalized spacial score (nSPS) is 14.8. The number of hydrogen-bond donors (Lipinski definition) is 1. The van der Waals surface area contributed by atoms with E-state index in [1.807, 2.05) is 25.9 Å². The Morgan fingerprint density at radius 3 is 2.63 bits per heavy atom. The molecular weight excluding hydrogens is 260 g/mol. The van der Waals surface area contributed by atoms with E-state index < -0.39 is 0 Å². The smallest absolute Gasteiger partial charge is 0.231 e. The van der Waals surface area contributed by atoms with Crippen molar-refractivity contribution >= 4 is 29.6 Å². The molecule has 1 N–H and O–H groups in total. The van der Waals surface area contributed by atoms with Gasteiger partial charge in [0.25, 0.3) is 0 Å². The third kappa shape index (κ3) is 3.62. The van der Waals surface area contributed by atoms with E-state index in [1.54, 1.807) is 0 Å². The van der Waals surface area contributed by atoms with Crippen molar-refractivity contribution in [2.75, 3.05) is 60.9 Å². The van der Waals surface area contributed by atoms with Gasteiger partial charge in [0, 0.05) is 39.5 Å². The fraction of sp³-hybridized carbons (Fsp3) is 0.750. The van der Waals surface area contributed by atoms with Crippen molar-refractivity contribution in [1.29, 1.82) is 0 Å². The van der Waals surface area contributed by atoms with E-state index in [2.05, 4.69) is 36.3 Å². The lowest BCUT2D eigenvalue weighted by atomic mass is 10.4. The van der Waals surface area contributed by atoms with E-state index in [0.29, 0.717) is 5.95 Å². The van der Waals surface area contributed by atoms with Crippen molar-refractivity contribution in [3.63, 3.8) is 0 Å². The largest absolute Gasteiger partial charge is 0.357 e. The highest BCUT2D eigenvalue weighted by atomic mass is 32.2. The Labute approximate surface area is 119 Å². The van der Waals surface area contributed by atoms with Gasteiger partial charge in [0.1, 0.15) is 0 Å². The zero-order valence-corrected chi connectivity index (χ0v) is 12.7. The Hall–Kier alpha value is -1.24. The second-order valence-electron chi connectivity index (χ2n) is 4.62. The Morgan fingerprint density at radius 1 is 1.26 bits per heavy atom. The Bertz CT molecular complexity index is 407. The fourth-order valence-electron chi connectivity index (χ4n) is 2.02. The first kappa shape index (κ1) is 14.2. The van der Waals surface area contributed by atoms with Crippen LogP contribution >= 0.6 is 11.8 Å². The van der Waals surface area contributed by atoms with Gasteiger partial charge in [0.05, 0.1) is 0 Å². The van der Waals surface area contributed by atoms with Gasteiger partial charge in [-0.2, -0.15) is 26.7 Å². The van der Waals surface area contributed by atoms with Gasteiger partial charge >= 0.3 is 0 Å². The van der Waals surface area contributed by atoms with Crippen LogP contribution in [0.15, 0.2) is 0 Å². The molecule has 0 atom stereocenters. The summed E-state index contributed by atoms with van der Waals surface area (Å²) in [5, 5.41) is 3.02. The lowest BCUT2D eigenvalue weighted by Crippen LogP contribution is -2.26. The summed E-state index contributed by atoms with van der Waals surface area (Å²) in [6, 6.07) is 0. The first-order chi connectivity index (χ1) is 9.24. The molecule has 1 aliphatic rings. The molecule has 0 bridgehead atoms. The Kier molecular flexibility index (Phi) is 5.07. The van der Waals surface area contributed by atoms with Crippen molar-refractivity contribution in [3.8, 4) is 0 Å². The van der Waals surface area contributed by atoms with Crippen molar-refractivity contribution in [2.24, 2.45) is 0 Å². The van der Waals surface area contributed by atoms with Crippen LogP contribution in [0.1, 0.15) is 12.8 Å². The summed E-state index contributed by atoms with van der Waals surface area (Å²) in [6.07, 6.45) is 4.55. The maximum Gasteiger partial charge on any atom is 0.231 e. The average Bonchev–Trinajstić information content (AvgIpc) is 2.98. The van der Waals surface area contributed by atoms with E-state index in [1.165, 1.54) is 12.8 Å². The topological polar surface area (TPSA) is 57.2 Å². The fourth-order valence-corrected chi connectivity index (χ4v) is 2.48. The molecule has 1 aliphatic heterocycles. The molecule has 1 saturated heterocycles. The number of anilines is 3. The highest BCUT2D eigenvalue weighted by Crippen LogP contribution is 2.19. The van der Waals surface area contributed by atoms with Gasteiger partial charge in [-0.3, -0.25) is 0 Å². The number of aromatic nitrogens is 3. The van der Waals surface area contributed by atoms with Crippen LogP contribution in [0.5, 0.6) is 0 Å². The molecule has 2 heterocycles. The molecule has 2 rings (SSSR count). The van der Waals surface area contributed by atoms with Crippen molar-refractivity contribution in [1.82, 2.24) is 15.0 Å². The van der Waals surface area contributed by atoms with Crippen LogP contribution in [-0.4, -0.2) is 60.7 Å². The maximum atomic E-state index is 4.60. The van der Waals surface area contributed by atoms with Gasteiger partial charge in [0.15, 0.2) is 0 Å². The van der Waals surface area contributed by atoms with Gasteiger partial charge < -0.3 is 15.1 Å². The summed E-state index contributed by atoms with van der Waals surface area (Å²) in [5.41, 5.74) is 0. The predicted molar refractivity (Wildman–Crippen MR) is 82.5 cm³/mol. The van der Waals surface area contributed by atoms with Crippen molar-refractivity contribution < 1.29 is 0 Å². The molecule has 0 saturated carbocycles. The van der Waals surface area contributed by atoms with E-state index in [4.69, 9.17) is 0 Å². The zero-order valence-electron chi connectivity index (χ0n) is 11.9. The molecule has 19 heavy (non-hydrogen) atoms. The molecule has 0 unspecified atom stereocenters. The molecule has 1 aromatic rings. The molecule has 0 aliphatic carbocycles. The molecule has 0 aromatic carbocycles. The number of nitrogens with zero attached hydrogens (tertiary/aromatic N) is 5. The lowest BCUT2D eigenvalue weighted by Gasteiger charge is -2.20. The van der Waals surface area contributed by atoms with Crippen molar-refractivity contribution in [2.45, 2.75) is 12.8 Å². The summed E-state index contributed by atoms with van der Waals surface area (Å²) >= 11 is 1.83. The molecule has 1 fully saturated rings. The SMILES string of the molecule is CNc1nc(N(C)CCSC)nc(N2CCCC2)n1. The quantitative estimate of drug-likeness (QED) is 0.844. The molecule has 0 spiro atoms. The summed E-state index contributed by atoms with van der Waals surface area (Å²) < 4.78 is 0. The monoisotopic (exact) mass is 282 g/mol. The van der Waals surface area contributed by atoms with Gasteiger partial charge in [-0.25, -0.2) is 0 Å². The maximum absolute atomic E-state index is 4.60. The minimum Gasteiger partial charge on any atom is -0.357 e. The molecular formula is C12H22N6S. The number of hydrogen-bond acceptors (Lipinski definition) is 7. The summed E-state index contributed by atoms with van der Waals surface area (Å²) in [6.45, 7) is 3.02. The van der Waals surface area contributed by atoms with Crippen LogP contribution in [0.2, 0.25) is 0 Å². The van der Waals surface area contributed by atoms with Crippen LogP contribution < -0.4 is 15.1 Å². The molecule has 6 nitrogen and oxygen atoms in total. The van der Waals surface area contributed by atoms with Gasteiger partial charge in [-0.05, 0) is 19.1 Å². The Morgan fingerprint density at radius 2 is 2.00 bits per heavy atom. The van der Waals surface area contributed by atoms with Crippen LogP contribution in [0.4, 0.5) is 17.8 Å². The second kappa shape index (κ2) is 6.79. The number of rotatable bonds is 6. The highest BCUT2D eigenvalue weighted by Gasteiger charge is 2.18. The number of nitrogens with one attached hydrogen (secondary N) is 1. The third-order valence-corrected chi connectivity index (χ3v) is 3.79. The molecule has 0 radical (unpaired) electrons. The summed E-state index contributed by atoms with van der Waals surface area (Å²) in [4.78, 5) is 17.8. The van der Waals surface area contributed by atoms with Crippen molar-refractivity contribution in [3.05, 3.63) is 0 Å². The summed E-state index contributed by atoms with van der Waals surface area (Å²) in [5.74, 6) is 3.25. The highest BCUT2D eigenvalue weighted by molar-refractivity contribution is 7.98. The zero-order chi connectivity index (χ0) is 13.7. The minimum atomic E-state index is 0.642. The van der Waals surface area contributed by atoms with Crippen LogP contribution in [0.3, 0.4) is 0 Å². The second-order valence-corrected chi connectivity index (χ2v) is 5.60. The van der Waals surface area contributed by atoms with Gasteiger partial charge in [-0.1, -0.05) is 0 Å². The predicted octanol–water partition coefficient (Wildman–Crippen LogP) is 1.31. The Balaban J connectivity index is 2.19. The van der Waals surface area contributed by atoms with E-state index in [9.17, 15) is 0 Å². The van der Waals surface area contributed by atoms with Crippen LogP contribution in [0, 0.1) is 0 Å². The van der Waals surface area contributed by atoms with E-state index in [0.717, 1.165) is 37.3 Å². The van der Waals surface area contributed by atoms with Crippen LogP contribution in [-0.2, 0) is 0 Å². The van der Waals surface area contributed by atoms with Gasteiger partial charge in [-0.15, -0.1) is 0 Å². The molecule has 106 valence electrons. The first-order valence-corrected chi connectivity index (χ1v) is 8.03. The third-order valence-electron chi connectivity index (χ3n) is 3.20. The van der Waals surface area contributed by atoms with Crippen LogP contribution in [0.25, 0.3) is 0 Å². The minimum absolute atomic E-state index is 0.642. The molecule has 7 heteroatoms. The standard InChI is InChI=1S/C12H22N6S/c1-13-10-14-11(17(2)8-9-19-3)16-12(15-10)18-6-4-5-7-18/h4-9H2,1-3H3,(H,13,14,15,16). The number of thioether (sulfide) groups is 1. The van der Waals surface area contributed by atoms with Gasteiger partial charge in [0.2, 0.25) is 17.8 Å². The van der Waals surface area contributed by atoms with E-state index in [-0.39, 0.29) is 0 Å². The first-order valence-electron chi connectivity index (χ1n) is 6.63.